The molecule has 2 atom stereocenters. The number of aliphatic imine (C=N–C) groups is 1. The lowest BCUT2D eigenvalue weighted by atomic mass is 9.80. The molecule has 2 aliphatic heterocycles. The van der Waals surface area contributed by atoms with Gasteiger partial charge in [-0.1, -0.05) is 30.3 Å². The molecule has 1 aromatic carbocycles. The monoisotopic (exact) mass is 372 g/mol. The molecule has 3 fully saturated rings. The lowest BCUT2D eigenvalue weighted by Crippen LogP contribution is -2.50. The van der Waals surface area contributed by atoms with Crippen molar-refractivity contribution in [2.24, 2.45) is 4.99 Å². The Morgan fingerprint density at radius 3 is 2.81 bits per heavy atom. The molecule has 0 spiro atoms. The molecule has 6 heteroatoms. The summed E-state index contributed by atoms with van der Waals surface area (Å²) >= 11 is 0. The average molecular weight is 373 g/mol. The van der Waals surface area contributed by atoms with E-state index in [9.17, 15) is 5.11 Å². The van der Waals surface area contributed by atoms with Crippen LogP contribution >= 0.6 is 0 Å². The molecule has 2 heterocycles. The molecule has 2 N–H and O–H groups in total. The van der Waals surface area contributed by atoms with Crippen LogP contribution in [0.1, 0.15) is 31.7 Å². The minimum atomic E-state index is -0.580. The van der Waals surface area contributed by atoms with Crippen LogP contribution in [0.4, 0.5) is 0 Å². The van der Waals surface area contributed by atoms with Gasteiger partial charge in [-0.15, -0.1) is 0 Å². The summed E-state index contributed by atoms with van der Waals surface area (Å²) in [5.41, 5.74) is 0.771. The van der Waals surface area contributed by atoms with Crippen LogP contribution in [-0.4, -0.2) is 77.9 Å². The van der Waals surface area contributed by atoms with Crippen LogP contribution in [0.25, 0.3) is 0 Å². The Labute approximate surface area is 162 Å². The maximum Gasteiger partial charge on any atom is 0.194 e. The quantitative estimate of drug-likeness (QED) is 0.605. The van der Waals surface area contributed by atoms with E-state index in [4.69, 9.17) is 9.73 Å². The van der Waals surface area contributed by atoms with Crippen molar-refractivity contribution in [2.45, 2.75) is 50.5 Å². The molecular weight excluding hydrogens is 340 g/mol. The van der Waals surface area contributed by atoms with Crippen LogP contribution in [0.3, 0.4) is 0 Å². The molecule has 0 aromatic heterocycles. The van der Waals surface area contributed by atoms with Gasteiger partial charge in [-0.2, -0.15) is 0 Å². The van der Waals surface area contributed by atoms with E-state index in [0.29, 0.717) is 12.6 Å². The highest BCUT2D eigenvalue weighted by molar-refractivity contribution is 5.80. The second kappa shape index (κ2) is 8.17. The number of benzene rings is 1. The first-order valence-corrected chi connectivity index (χ1v) is 10.3. The average Bonchev–Trinajstić information content (AvgIpc) is 3.09. The summed E-state index contributed by atoms with van der Waals surface area (Å²) in [6.07, 6.45) is 3.07. The van der Waals surface area contributed by atoms with Crippen LogP contribution < -0.4 is 5.32 Å². The van der Waals surface area contributed by atoms with Crippen molar-refractivity contribution in [1.29, 1.82) is 0 Å². The second-order valence-electron chi connectivity index (χ2n) is 8.09. The van der Waals surface area contributed by atoms with Gasteiger partial charge in [-0.3, -0.25) is 9.89 Å². The zero-order valence-electron chi connectivity index (χ0n) is 16.3. The summed E-state index contributed by atoms with van der Waals surface area (Å²) in [4.78, 5) is 9.62. The highest BCUT2D eigenvalue weighted by atomic mass is 16.5. The molecule has 27 heavy (non-hydrogen) atoms. The van der Waals surface area contributed by atoms with Crippen LogP contribution in [0.5, 0.6) is 0 Å². The van der Waals surface area contributed by atoms with Crippen LogP contribution in [0, 0.1) is 0 Å². The van der Waals surface area contributed by atoms with Crippen molar-refractivity contribution in [1.82, 2.24) is 15.1 Å². The van der Waals surface area contributed by atoms with E-state index < -0.39 is 5.60 Å². The van der Waals surface area contributed by atoms with Gasteiger partial charge in [0.2, 0.25) is 0 Å². The number of likely N-dealkylation sites (tertiary alicyclic amines) is 1. The number of guanidine groups is 1. The first kappa shape index (κ1) is 18.7. The van der Waals surface area contributed by atoms with Gasteiger partial charge in [-0.25, -0.2) is 0 Å². The van der Waals surface area contributed by atoms with Crippen LogP contribution in [-0.2, 0) is 11.3 Å². The number of hydrogen-bond acceptors (Lipinski definition) is 4. The summed E-state index contributed by atoms with van der Waals surface area (Å²) in [6, 6.07) is 11.1. The minimum absolute atomic E-state index is 0.220. The van der Waals surface area contributed by atoms with Crippen LogP contribution in [0.15, 0.2) is 35.3 Å². The van der Waals surface area contributed by atoms with Gasteiger partial charge in [0.1, 0.15) is 0 Å². The number of aliphatic hydroxyl groups is 1. The number of nitrogens with one attached hydrogen (secondary N) is 1. The highest BCUT2D eigenvalue weighted by Gasteiger charge is 2.41. The Balaban J connectivity index is 1.43. The van der Waals surface area contributed by atoms with Gasteiger partial charge in [-0.05, 0) is 31.7 Å². The molecule has 3 aliphatic rings. The van der Waals surface area contributed by atoms with Gasteiger partial charge in [0.15, 0.2) is 5.96 Å². The van der Waals surface area contributed by atoms with E-state index >= 15 is 0 Å². The van der Waals surface area contributed by atoms with Gasteiger partial charge in [0.05, 0.1) is 30.9 Å². The first-order chi connectivity index (χ1) is 13.2. The van der Waals surface area contributed by atoms with E-state index in [1.807, 2.05) is 0 Å². The third-order valence-corrected chi connectivity index (χ3v) is 6.09. The molecule has 6 nitrogen and oxygen atoms in total. The molecule has 0 radical (unpaired) electrons. The predicted molar refractivity (Wildman–Crippen MR) is 107 cm³/mol. The Bertz CT molecular complexity index is 647. The standard InChI is InChI=1S/C21H32N4O2/c1-2-22-20(23-16-21(26)9-6-10-21)25-14-18-19(15-25)27-12-11-24(18)13-17-7-4-3-5-8-17/h3-5,7-8,18-19,26H,2,6,9-16H2,1H3,(H,22,23). The minimum Gasteiger partial charge on any atom is -0.388 e. The Hall–Kier alpha value is -1.63. The second-order valence-corrected chi connectivity index (χ2v) is 8.09. The summed E-state index contributed by atoms with van der Waals surface area (Å²) < 4.78 is 6.09. The molecule has 2 unspecified atom stereocenters. The van der Waals surface area contributed by atoms with Crippen molar-refractivity contribution < 1.29 is 9.84 Å². The van der Waals surface area contributed by atoms with Crippen molar-refractivity contribution >= 4 is 5.96 Å². The first-order valence-electron chi connectivity index (χ1n) is 10.3. The van der Waals surface area contributed by atoms with Gasteiger partial charge in [0, 0.05) is 32.7 Å². The Morgan fingerprint density at radius 1 is 1.30 bits per heavy atom. The fourth-order valence-electron chi connectivity index (χ4n) is 4.34. The molecule has 4 rings (SSSR count). The maximum absolute atomic E-state index is 10.4. The SMILES string of the molecule is CCNC(=NCC1(O)CCC1)N1CC2OCCN(Cc3ccccc3)C2C1. The van der Waals surface area contributed by atoms with E-state index in [0.717, 1.165) is 64.6 Å². The number of rotatable bonds is 5. The van der Waals surface area contributed by atoms with E-state index in [2.05, 4.69) is 52.4 Å². The van der Waals surface area contributed by atoms with E-state index in [1.54, 1.807) is 0 Å². The number of nitrogens with zero attached hydrogens (tertiary/aromatic N) is 3. The summed E-state index contributed by atoms with van der Waals surface area (Å²) in [5.74, 6) is 0.912. The Kier molecular flexibility index (Phi) is 5.66. The molecule has 148 valence electrons. The molecular formula is C21H32N4O2. The third-order valence-electron chi connectivity index (χ3n) is 6.09. The number of morpholine rings is 1. The van der Waals surface area contributed by atoms with E-state index in [-0.39, 0.29) is 6.10 Å². The van der Waals surface area contributed by atoms with Crippen molar-refractivity contribution in [3.8, 4) is 0 Å². The molecule has 2 saturated heterocycles. The molecule has 0 bridgehead atoms. The zero-order valence-corrected chi connectivity index (χ0v) is 16.3. The maximum atomic E-state index is 10.4. The van der Waals surface area contributed by atoms with E-state index in [1.165, 1.54) is 5.56 Å². The number of fused-ring (bicyclic) bond motifs is 1. The fraction of sp³-hybridized carbons (Fsp3) is 0.667. The smallest absolute Gasteiger partial charge is 0.194 e. The molecule has 0 amide bonds. The van der Waals surface area contributed by atoms with Crippen molar-refractivity contribution in [2.75, 3.05) is 39.3 Å². The predicted octanol–water partition coefficient (Wildman–Crippen LogP) is 1.45. The zero-order chi connectivity index (χ0) is 18.7. The topological polar surface area (TPSA) is 60.3 Å². The van der Waals surface area contributed by atoms with Crippen LogP contribution in [0.2, 0.25) is 0 Å². The summed E-state index contributed by atoms with van der Waals surface area (Å²) in [7, 11) is 0. The van der Waals surface area contributed by atoms with Gasteiger partial charge >= 0.3 is 0 Å². The molecule has 1 saturated carbocycles. The summed E-state index contributed by atoms with van der Waals surface area (Å²) in [5, 5.41) is 13.8. The Morgan fingerprint density at radius 2 is 2.11 bits per heavy atom. The lowest BCUT2D eigenvalue weighted by molar-refractivity contribution is -0.0502. The molecule has 1 aromatic rings. The highest BCUT2D eigenvalue weighted by Crippen LogP contribution is 2.32. The third kappa shape index (κ3) is 4.28. The normalized spacial score (nSPS) is 27.9. The van der Waals surface area contributed by atoms with Crippen molar-refractivity contribution in [3.63, 3.8) is 0 Å². The van der Waals surface area contributed by atoms with Crippen molar-refractivity contribution in [3.05, 3.63) is 35.9 Å². The van der Waals surface area contributed by atoms with Gasteiger partial charge in [0.25, 0.3) is 0 Å². The number of hydrogen-bond donors (Lipinski definition) is 2. The largest absolute Gasteiger partial charge is 0.388 e. The number of ether oxygens (including phenoxy) is 1. The van der Waals surface area contributed by atoms with Gasteiger partial charge < -0.3 is 20.1 Å². The molecule has 1 aliphatic carbocycles. The summed E-state index contributed by atoms with van der Waals surface area (Å²) in [6.45, 7) is 7.92. The lowest BCUT2D eigenvalue weighted by Gasteiger charge is -2.36. The fourth-order valence-corrected chi connectivity index (χ4v) is 4.34.